The number of ether oxygens (including phenoxy) is 2. The van der Waals surface area contributed by atoms with Crippen LogP contribution in [0.5, 0.6) is 11.5 Å². The van der Waals surface area contributed by atoms with Gasteiger partial charge in [0.2, 0.25) is 5.91 Å². The van der Waals surface area contributed by atoms with Gasteiger partial charge in [-0.1, -0.05) is 29.8 Å². The van der Waals surface area contributed by atoms with Crippen LogP contribution in [-0.2, 0) is 4.79 Å². The first-order valence-corrected chi connectivity index (χ1v) is 9.56. The fourth-order valence-electron chi connectivity index (χ4n) is 3.14. The van der Waals surface area contributed by atoms with Crippen molar-refractivity contribution in [1.29, 1.82) is 0 Å². The van der Waals surface area contributed by atoms with Crippen molar-refractivity contribution in [3.05, 3.63) is 65.2 Å². The van der Waals surface area contributed by atoms with E-state index in [1.807, 2.05) is 30.3 Å². The summed E-state index contributed by atoms with van der Waals surface area (Å²) in [7, 11) is 3.23. The number of carbonyl (C=O) groups excluding carboxylic acids is 1. The Kier molecular flexibility index (Phi) is 5.79. The zero-order valence-electron chi connectivity index (χ0n) is 14.7. The second-order valence-corrected chi connectivity index (χ2v) is 7.30. The Morgan fingerprint density at radius 1 is 1.27 bits per heavy atom. The molecule has 2 aromatic carbocycles. The lowest BCUT2D eigenvalue weighted by Crippen LogP contribution is -2.31. The van der Waals surface area contributed by atoms with Gasteiger partial charge in [0.25, 0.3) is 0 Å². The van der Waals surface area contributed by atoms with E-state index in [2.05, 4.69) is 6.58 Å². The summed E-state index contributed by atoms with van der Waals surface area (Å²) in [6.45, 7) is 4.23. The maximum absolute atomic E-state index is 12.7. The molecule has 0 saturated carbocycles. The summed E-state index contributed by atoms with van der Waals surface area (Å²) in [5.74, 6) is 1.73. The van der Waals surface area contributed by atoms with Crippen molar-refractivity contribution in [3.8, 4) is 11.5 Å². The van der Waals surface area contributed by atoms with Crippen LogP contribution in [0.2, 0.25) is 5.02 Å². The summed E-state index contributed by atoms with van der Waals surface area (Å²) < 4.78 is 11.1. The molecule has 3 rings (SSSR count). The quantitative estimate of drug-likeness (QED) is 0.694. The zero-order valence-corrected chi connectivity index (χ0v) is 16.3. The number of amides is 1. The summed E-state index contributed by atoms with van der Waals surface area (Å²) in [6.07, 6.45) is 1.73. The highest BCUT2D eigenvalue weighted by atomic mass is 35.5. The molecule has 1 atom stereocenters. The van der Waals surface area contributed by atoms with Gasteiger partial charge in [-0.3, -0.25) is 4.79 Å². The Morgan fingerprint density at radius 3 is 2.77 bits per heavy atom. The van der Waals surface area contributed by atoms with E-state index in [1.54, 1.807) is 43.0 Å². The Hall–Kier alpha value is -2.11. The van der Waals surface area contributed by atoms with E-state index in [0.717, 1.165) is 16.8 Å². The smallest absolute Gasteiger partial charge is 0.237 e. The van der Waals surface area contributed by atoms with E-state index >= 15 is 0 Å². The summed E-state index contributed by atoms with van der Waals surface area (Å²) in [5, 5.41) is 0.525. The van der Waals surface area contributed by atoms with Crippen molar-refractivity contribution in [1.82, 2.24) is 0 Å². The number of halogens is 1. The number of rotatable bonds is 5. The van der Waals surface area contributed by atoms with Crippen molar-refractivity contribution in [2.24, 2.45) is 0 Å². The van der Waals surface area contributed by atoms with Crippen LogP contribution in [0, 0.1) is 0 Å². The standard InChI is InChI=1S/C20H20ClNO3S/c1-4-10-22-16-9-8-13(21)11-15(16)20(26-12-18(22)23)14-6-5-7-17(24-2)19(14)25-3/h4-9,11,20H,1,10,12H2,2-3H3/t20-/m1/s1. The first-order chi connectivity index (χ1) is 12.6. The molecule has 0 unspecified atom stereocenters. The van der Waals surface area contributed by atoms with Gasteiger partial charge in [0, 0.05) is 22.8 Å². The number of carbonyl (C=O) groups is 1. The summed E-state index contributed by atoms with van der Waals surface area (Å²) >= 11 is 7.84. The number of anilines is 1. The van der Waals surface area contributed by atoms with Crippen LogP contribution in [0.25, 0.3) is 0 Å². The van der Waals surface area contributed by atoms with E-state index < -0.39 is 0 Å². The lowest BCUT2D eigenvalue weighted by molar-refractivity contribution is -0.116. The predicted molar refractivity (Wildman–Crippen MR) is 108 cm³/mol. The molecule has 0 saturated heterocycles. The van der Waals surface area contributed by atoms with Gasteiger partial charge < -0.3 is 14.4 Å². The number of para-hydroxylation sites is 1. The molecular formula is C20H20ClNO3S. The van der Waals surface area contributed by atoms with E-state index in [1.165, 1.54) is 0 Å². The molecule has 6 heteroatoms. The second-order valence-electron chi connectivity index (χ2n) is 5.77. The molecule has 0 bridgehead atoms. The van der Waals surface area contributed by atoms with Crippen LogP contribution in [0.1, 0.15) is 16.4 Å². The molecule has 0 aromatic heterocycles. The minimum absolute atomic E-state index is 0.0443. The Morgan fingerprint density at radius 2 is 2.08 bits per heavy atom. The molecule has 0 spiro atoms. The number of methoxy groups -OCH3 is 2. The normalized spacial score (nSPS) is 16.7. The lowest BCUT2D eigenvalue weighted by Gasteiger charge is -2.24. The van der Waals surface area contributed by atoms with Gasteiger partial charge in [0.05, 0.1) is 25.2 Å². The number of nitrogens with zero attached hydrogens (tertiary/aromatic N) is 1. The minimum atomic E-state index is -0.104. The molecule has 0 aliphatic carbocycles. The largest absolute Gasteiger partial charge is 0.493 e. The average Bonchev–Trinajstić information content (AvgIpc) is 2.78. The lowest BCUT2D eigenvalue weighted by atomic mass is 10.0. The molecule has 0 fully saturated rings. The molecule has 4 nitrogen and oxygen atoms in total. The molecule has 1 amide bonds. The number of fused-ring (bicyclic) bond motifs is 1. The van der Waals surface area contributed by atoms with Gasteiger partial charge in [-0.15, -0.1) is 18.3 Å². The highest BCUT2D eigenvalue weighted by molar-refractivity contribution is 8.00. The topological polar surface area (TPSA) is 38.8 Å². The van der Waals surface area contributed by atoms with E-state index in [-0.39, 0.29) is 11.2 Å². The average molecular weight is 390 g/mol. The van der Waals surface area contributed by atoms with Crippen LogP contribution in [0.4, 0.5) is 5.69 Å². The highest BCUT2D eigenvalue weighted by Gasteiger charge is 2.31. The summed E-state index contributed by atoms with van der Waals surface area (Å²) in [6, 6.07) is 11.4. The molecule has 1 heterocycles. The van der Waals surface area contributed by atoms with Gasteiger partial charge in [0.1, 0.15) is 0 Å². The van der Waals surface area contributed by atoms with Crippen molar-refractivity contribution in [3.63, 3.8) is 0 Å². The molecule has 0 N–H and O–H groups in total. The van der Waals surface area contributed by atoms with E-state index in [9.17, 15) is 4.79 Å². The summed E-state index contributed by atoms with van der Waals surface area (Å²) in [5.41, 5.74) is 2.77. The van der Waals surface area contributed by atoms with Crippen molar-refractivity contribution < 1.29 is 14.3 Å². The van der Waals surface area contributed by atoms with Crippen LogP contribution >= 0.6 is 23.4 Å². The minimum Gasteiger partial charge on any atom is -0.493 e. The molecule has 1 aliphatic rings. The highest BCUT2D eigenvalue weighted by Crippen LogP contribution is 2.48. The molecular weight excluding hydrogens is 370 g/mol. The third kappa shape index (κ3) is 3.41. The molecule has 136 valence electrons. The monoisotopic (exact) mass is 389 g/mol. The molecule has 1 aliphatic heterocycles. The first kappa shape index (κ1) is 18.7. The number of benzene rings is 2. The maximum atomic E-state index is 12.7. The third-order valence-corrected chi connectivity index (χ3v) is 5.75. The molecule has 26 heavy (non-hydrogen) atoms. The van der Waals surface area contributed by atoms with Crippen LogP contribution in [0.15, 0.2) is 49.1 Å². The van der Waals surface area contributed by atoms with Crippen molar-refractivity contribution in [2.75, 3.05) is 31.4 Å². The summed E-state index contributed by atoms with van der Waals surface area (Å²) in [4.78, 5) is 14.4. The number of hydrogen-bond donors (Lipinski definition) is 0. The fourth-order valence-corrected chi connectivity index (χ4v) is 4.52. The van der Waals surface area contributed by atoms with E-state index in [0.29, 0.717) is 28.8 Å². The SMILES string of the molecule is C=CCN1C(=O)CS[C@H](c2cccc(OC)c2OC)c2cc(Cl)ccc21. The van der Waals surface area contributed by atoms with Crippen LogP contribution in [0.3, 0.4) is 0 Å². The third-order valence-electron chi connectivity index (χ3n) is 4.26. The van der Waals surface area contributed by atoms with Gasteiger partial charge in [-0.25, -0.2) is 0 Å². The Bertz CT molecular complexity index is 840. The number of thioether (sulfide) groups is 1. The van der Waals surface area contributed by atoms with Crippen molar-refractivity contribution in [2.45, 2.75) is 5.25 Å². The molecule has 0 radical (unpaired) electrons. The predicted octanol–water partition coefficient (Wildman–Crippen LogP) is 4.71. The van der Waals surface area contributed by atoms with E-state index in [4.69, 9.17) is 21.1 Å². The van der Waals surface area contributed by atoms with Crippen LogP contribution < -0.4 is 14.4 Å². The number of hydrogen-bond acceptors (Lipinski definition) is 4. The Labute approximate surface area is 162 Å². The Balaban J connectivity index is 2.20. The van der Waals surface area contributed by atoms with Gasteiger partial charge in [-0.05, 0) is 29.8 Å². The van der Waals surface area contributed by atoms with Gasteiger partial charge in [-0.2, -0.15) is 0 Å². The van der Waals surface area contributed by atoms with Crippen LogP contribution in [-0.4, -0.2) is 32.4 Å². The first-order valence-electron chi connectivity index (χ1n) is 8.14. The van der Waals surface area contributed by atoms with Gasteiger partial charge >= 0.3 is 0 Å². The zero-order chi connectivity index (χ0) is 18.7. The second kappa shape index (κ2) is 8.06. The fraction of sp³-hybridized carbons (Fsp3) is 0.250. The maximum Gasteiger partial charge on any atom is 0.237 e. The van der Waals surface area contributed by atoms with Crippen molar-refractivity contribution >= 4 is 35.0 Å². The molecule has 2 aromatic rings. The van der Waals surface area contributed by atoms with Gasteiger partial charge in [0.15, 0.2) is 11.5 Å².